The summed E-state index contributed by atoms with van der Waals surface area (Å²) in [6, 6.07) is 10.2. The molecule has 0 fully saturated rings. The van der Waals surface area contributed by atoms with Crippen molar-refractivity contribution in [3.05, 3.63) is 58.3 Å². The number of rotatable bonds is 5. The van der Waals surface area contributed by atoms with E-state index in [9.17, 15) is 14.4 Å². The van der Waals surface area contributed by atoms with E-state index < -0.39 is 11.8 Å². The van der Waals surface area contributed by atoms with E-state index >= 15 is 0 Å². The summed E-state index contributed by atoms with van der Waals surface area (Å²) in [5, 5.41) is 7.04. The molecule has 0 unspecified atom stereocenters. The Morgan fingerprint density at radius 2 is 1.79 bits per heavy atom. The van der Waals surface area contributed by atoms with Gasteiger partial charge in [-0.05, 0) is 54.0 Å². The van der Waals surface area contributed by atoms with Gasteiger partial charge >= 0.3 is 0 Å². The number of benzene rings is 1. The van der Waals surface area contributed by atoms with E-state index in [0.717, 1.165) is 4.88 Å². The third kappa shape index (κ3) is 6.93. The van der Waals surface area contributed by atoms with Crippen LogP contribution in [-0.2, 0) is 9.59 Å². The molecule has 0 bridgehead atoms. The van der Waals surface area contributed by atoms with E-state index in [1.54, 1.807) is 44.2 Å². The van der Waals surface area contributed by atoms with Crippen LogP contribution in [0.3, 0.4) is 0 Å². The first-order valence-corrected chi connectivity index (χ1v) is 9.67. The van der Waals surface area contributed by atoms with Gasteiger partial charge in [0.05, 0.1) is 0 Å². The number of carbonyl (C=O) groups is 3. The molecule has 0 aliphatic carbocycles. The van der Waals surface area contributed by atoms with E-state index in [1.807, 2.05) is 17.5 Å². The largest absolute Gasteiger partial charge is 0.326 e. The van der Waals surface area contributed by atoms with Crippen molar-refractivity contribution in [1.29, 1.82) is 0 Å². The summed E-state index contributed by atoms with van der Waals surface area (Å²) in [6.45, 7) is 3.59. The summed E-state index contributed by atoms with van der Waals surface area (Å²) < 4.78 is 0. The number of amides is 3. The number of thiocarbonyl (C=S) groups is 1. The van der Waals surface area contributed by atoms with Crippen molar-refractivity contribution in [1.82, 2.24) is 16.2 Å². The Bertz CT molecular complexity index is 875. The Balaban J connectivity index is 1.78. The minimum atomic E-state index is -0.438. The molecule has 146 valence electrons. The van der Waals surface area contributed by atoms with Gasteiger partial charge in [0.2, 0.25) is 11.8 Å². The fourth-order valence-electron chi connectivity index (χ4n) is 1.91. The van der Waals surface area contributed by atoms with Gasteiger partial charge in [-0.1, -0.05) is 19.9 Å². The third-order valence-corrected chi connectivity index (χ3v) is 4.45. The van der Waals surface area contributed by atoms with Crippen LogP contribution in [0.1, 0.15) is 29.1 Å². The molecule has 1 aromatic heterocycles. The summed E-state index contributed by atoms with van der Waals surface area (Å²) in [5.74, 6) is -1.09. The third-order valence-electron chi connectivity index (χ3n) is 3.41. The summed E-state index contributed by atoms with van der Waals surface area (Å²) in [7, 11) is 0. The van der Waals surface area contributed by atoms with Crippen LogP contribution in [0, 0.1) is 5.92 Å². The molecule has 28 heavy (non-hydrogen) atoms. The lowest BCUT2D eigenvalue weighted by Gasteiger charge is -2.11. The first-order chi connectivity index (χ1) is 13.3. The topological polar surface area (TPSA) is 99.3 Å². The van der Waals surface area contributed by atoms with E-state index in [0.29, 0.717) is 11.3 Å². The number of hydrazine groups is 1. The number of carbonyl (C=O) groups excluding carboxylic acids is 3. The van der Waals surface area contributed by atoms with Gasteiger partial charge in [0.1, 0.15) is 0 Å². The van der Waals surface area contributed by atoms with Crippen LogP contribution in [0.4, 0.5) is 5.69 Å². The van der Waals surface area contributed by atoms with Crippen molar-refractivity contribution >= 4 is 58.2 Å². The van der Waals surface area contributed by atoms with Crippen molar-refractivity contribution in [3.8, 4) is 0 Å². The number of hydrogen-bond donors (Lipinski definition) is 4. The van der Waals surface area contributed by atoms with Gasteiger partial charge in [-0.25, -0.2) is 0 Å². The van der Waals surface area contributed by atoms with Gasteiger partial charge in [0, 0.05) is 28.1 Å². The van der Waals surface area contributed by atoms with Gasteiger partial charge < -0.3 is 5.32 Å². The van der Waals surface area contributed by atoms with Crippen molar-refractivity contribution in [2.24, 2.45) is 5.92 Å². The Kier molecular flexibility index (Phi) is 7.85. The quantitative estimate of drug-likeness (QED) is 0.341. The zero-order valence-electron chi connectivity index (χ0n) is 15.3. The van der Waals surface area contributed by atoms with Gasteiger partial charge in [-0.3, -0.25) is 30.6 Å². The van der Waals surface area contributed by atoms with Crippen LogP contribution in [0.15, 0.2) is 47.9 Å². The smallest absolute Gasteiger partial charge is 0.269 e. The lowest BCUT2D eigenvalue weighted by molar-refractivity contribution is -0.119. The Labute approximate surface area is 172 Å². The van der Waals surface area contributed by atoms with Gasteiger partial charge in [0.15, 0.2) is 5.11 Å². The Hall–Kier alpha value is -3.04. The first kappa shape index (κ1) is 21.3. The molecule has 1 heterocycles. The second-order valence-electron chi connectivity index (χ2n) is 5.97. The molecule has 7 nitrogen and oxygen atoms in total. The highest BCUT2D eigenvalue weighted by molar-refractivity contribution is 7.80. The molecule has 4 N–H and O–H groups in total. The number of anilines is 1. The average Bonchev–Trinajstić information content (AvgIpc) is 3.18. The highest BCUT2D eigenvalue weighted by atomic mass is 32.1. The summed E-state index contributed by atoms with van der Waals surface area (Å²) in [5.41, 5.74) is 5.83. The van der Waals surface area contributed by atoms with Crippen molar-refractivity contribution in [2.75, 3.05) is 5.32 Å². The zero-order chi connectivity index (χ0) is 20.5. The predicted molar refractivity (Wildman–Crippen MR) is 115 cm³/mol. The fourth-order valence-corrected chi connectivity index (χ4v) is 2.68. The van der Waals surface area contributed by atoms with Crippen LogP contribution in [0.2, 0.25) is 0 Å². The molecule has 2 aromatic rings. The molecule has 0 aliphatic rings. The molecule has 3 amide bonds. The van der Waals surface area contributed by atoms with Crippen LogP contribution >= 0.6 is 23.6 Å². The second-order valence-corrected chi connectivity index (χ2v) is 7.36. The molecule has 2 rings (SSSR count). The number of hydrogen-bond acceptors (Lipinski definition) is 5. The summed E-state index contributed by atoms with van der Waals surface area (Å²) >= 11 is 6.47. The minimum absolute atomic E-state index is 0.0324. The standard InChI is InChI=1S/C19H20N4O3S2/c1-12(2)17(25)20-14-7-5-13(6-8-14)18(26)22-23-19(27)21-16(24)10-9-15-4-3-11-28-15/h3-12H,1-2H3,(H,20,25)(H,22,26)(H2,21,23,24,27). The van der Waals surface area contributed by atoms with Crippen LogP contribution in [0.25, 0.3) is 6.08 Å². The van der Waals surface area contributed by atoms with Crippen molar-refractivity contribution in [3.63, 3.8) is 0 Å². The minimum Gasteiger partial charge on any atom is -0.326 e. The summed E-state index contributed by atoms with van der Waals surface area (Å²) in [4.78, 5) is 36.5. The molecule has 0 spiro atoms. The monoisotopic (exact) mass is 416 g/mol. The highest BCUT2D eigenvalue weighted by Gasteiger charge is 2.09. The molecule has 0 atom stereocenters. The second kappa shape index (κ2) is 10.3. The van der Waals surface area contributed by atoms with E-state index in [4.69, 9.17) is 12.2 Å². The normalized spacial score (nSPS) is 10.5. The van der Waals surface area contributed by atoms with E-state index in [2.05, 4.69) is 21.5 Å². The zero-order valence-corrected chi connectivity index (χ0v) is 16.9. The molecular formula is C19H20N4O3S2. The molecule has 0 aliphatic heterocycles. The highest BCUT2D eigenvalue weighted by Crippen LogP contribution is 2.11. The maximum absolute atomic E-state index is 12.1. The maximum Gasteiger partial charge on any atom is 0.269 e. The molecule has 1 aromatic carbocycles. The van der Waals surface area contributed by atoms with Crippen LogP contribution < -0.4 is 21.5 Å². The fraction of sp³-hybridized carbons (Fsp3) is 0.158. The maximum atomic E-state index is 12.1. The van der Waals surface area contributed by atoms with Gasteiger partial charge in [-0.15, -0.1) is 11.3 Å². The molecule has 0 saturated heterocycles. The van der Waals surface area contributed by atoms with E-state index in [1.165, 1.54) is 17.4 Å². The number of thiophene rings is 1. The summed E-state index contributed by atoms with van der Waals surface area (Å²) in [6.07, 6.45) is 3.02. The molecular weight excluding hydrogens is 396 g/mol. The first-order valence-electron chi connectivity index (χ1n) is 8.39. The molecule has 0 saturated carbocycles. The predicted octanol–water partition coefficient (Wildman–Crippen LogP) is 2.69. The van der Waals surface area contributed by atoms with Crippen LogP contribution in [0.5, 0.6) is 0 Å². The Morgan fingerprint density at radius 1 is 1.07 bits per heavy atom. The average molecular weight is 417 g/mol. The van der Waals surface area contributed by atoms with Gasteiger partial charge in [0.25, 0.3) is 5.91 Å². The van der Waals surface area contributed by atoms with Crippen molar-refractivity contribution in [2.45, 2.75) is 13.8 Å². The lowest BCUT2D eigenvalue weighted by Crippen LogP contribution is -2.48. The molecule has 0 radical (unpaired) electrons. The van der Waals surface area contributed by atoms with Crippen LogP contribution in [-0.4, -0.2) is 22.8 Å². The van der Waals surface area contributed by atoms with Crippen molar-refractivity contribution < 1.29 is 14.4 Å². The number of nitrogens with one attached hydrogen (secondary N) is 4. The van der Waals surface area contributed by atoms with E-state index in [-0.39, 0.29) is 16.9 Å². The lowest BCUT2D eigenvalue weighted by atomic mass is 10.1. The van der Waals surface area contributed by atoms with Gasteiger partial charge in [-0.2, -0.15) is 0 Å². The SMILES string of the molecule is CC(C)C(=O)Nc1ccc(C(=O)NNC(=S)NC(=O)C=Cc2cccs2)cc1. The Morgan fingerprint density at radius 3 is 2.39 bits per heavy atom. The molecule has 9 heteroatoms.